The molecule has 0 spiro atoms. The fraction of sp³-hybridized carbons (Fsp3) is 0.636. The van der Waals surface area contributed by atoms with Crippen molar-refractivity contribution in [2.24, 2.45) is 5.92 Å². The summed E-state index contributed by atoms with van der Waals surface area (Å²) in [5.74, 6) is 0.460. The Morgan fingerprint density at radius 3 is 2.70 bits per heavy atom. The Morgan fingerprint density at radius 2 is 1.96 bits per heavy atom. The zero-order valence-electron chi connectivity index (χ0n) is 16.7. The normalized spacial score (nSPS) is 24.7. The number of hydrogen-bond donors (Lipinski definition) is 1. The number of carbonyl (C=O) groups excluding carboxylic acids is 2. The first-order valence-electron chi connectivity index (χ1n) is 10.3. The number of nitrogens with zero attached hydrogens (tertiary/aromatic N) is 1. The van der Waals surface area contributed by atoms with Gasteiger partial charge in [-0.2, -0.15) is 0 Å². The van der Waals surface area contributed by atoms with Crippen LogP contribution in [0.3, 0.4) is 0 Å². The lowest BCUT2D eigenvalue weighted by Gasteiger charge is -2.34. The molecule has 0 bridgehead atoms. The lowest BCUT2D eigenvalue weighted by molar-refractivity contribution is -0.127. The summed E-state index contributed by atoms with van der Waals surface area (Å²) in [6, 6.07) is 7.36. The van der Waals surface area contributed by atoms with E-state index in [2.05, 4.69) is 19.2 Å². The molecule has 1 aliphatic heterocycles. The summed E-state index contributed by atoms with van der Waals surface area (Å²) < 4.78 is 6.11. The summed E-state index contributed by atoms with van der Waals surface area (Å²) in [6.07, 6.45) is 5.88. The summed E-state index contributed by atoms with van der Waals surface area (Å²) in [7, 11) is 0. The van der Waals surface area contributed by atoms with Gasteiger partial charge in [-0.3, -0.25) is 14.5 Å². The van der Waals surface area contributed by atoms with E-state index in [4.69, 9.17) is 4.74 Å². The average molecular weight is 373 g/mol. The molecular formula is C22H32N2O3. The van der Waals surface area contributed by atoms with Crippen LogP contribution in [-0.4, -0.2) is 36.6 Å². The molecule has 1 heterocycles. The molecule has 0 aromatic heterocycles. The van der Waals surface area contributed by atoms with Gasteiger partial charge in [-0.05, 0) is 36.8 Å². The summed E-state index contributed by atoms with van der Waals surface area (Å²) in [5.41, 5.74) is 1.92. The first kappa shape index (κ1) is 19.9. The average Bonchev–Trinajstić information content (AvgIpc) is 3.03. The van der Waals surface area contributed by atoms with E-state index >= 15 is 0 Å². The van der Waals surface area contributed by atoms with Gasteiger partial charge in [-0.15, -0.1) is 0 Å². The van der Waals surface area contributed by atoms with Crippen molar-refractivity contribution in [2.45, 2.75) is 77.5 Å². The van der Waals surface area contributed by atoms with Crippen molar-refractivity contribution in [3.8, 4) is 0 Å². The second kappa shape index (κ2) is 8.87. The van der Waals surface area contributed by atoms with Crippen LogP contribution in [0.15, 0.2) is 24.3 Å². The number of ether oxygens (including phenoxy) is 1. The van der Waals surface area contributed by atoms with Gasteiger partial charge in [0.1, 0.15) is 6.04 Å². The molecular weight excluding hydrogens is 340 g/mol. The minimum Gasteiger partial charge on any atom is -0.376 e. The third-order valence-corrected chi connectivity index (χ3v) is 5.68. The number of para-hydroxylation sites is 1. The van der Waals surface area contributed by atoms with E-state index in [-0.39, 0.29) is 24.0 Å². The topological polar surface area (TPSA) is 58.6 Å². The van der Waals surface area contributed by atoms with Gasteiger partial charge in [-0.25, -0.2) is 0 Å². The van der Waals surface area contributed by atoms with Crippen molar-refractivity contribution in [1.29, 1.82) is 0 Å². The molecule has 1 aliphatic carbocycles. The highest BCUT2D eigenvalue weighted by Gasteiger charge is 2.38. The van der Waals surface area contributed by atoms with Gasteiger partial charge in [0.05, 0.1) is 12.1 Å². The van der Waals surface area contributed by atoms with Gasteiger partial charge in [0.2, 0.25) is 11.8 Å². The van der Waals surface area contributed by atoms with Crippen molar-refractivity contribution in [3.63, 3.8) is 0 Å². The smallest absolute Gasteiger partial charge is 0.243 e. The molecule has 1 fully saturated rings. The molecule has 1 saturated carbocycles. The Bertz CT molecular complexity index is 673. The van der Waals surface area contributed by atoms with Crippen molar-refractivity contribution in [2.75, 3.05) is 11.5 Å². The van der Waals surface area contributed by atoms with Crippen molar-refractivity contribution < 1.29 is 14.3 Å². The number of fused-ring (bicyclic) bond motifs is 1. The predicted molar refractivity (Wildman–Crippen MR) is 107 cm³/mol. The molecule has 27 heavy (non-hydrogen) atoms. The van der Waals surface area contributed by atoms with Crippen molar-refractivity contribution in [3.05, 3.63) is 29.8 Å². The molecule has 5 nitrogen and oxygen atoms in total. The van der Waals surface area contributed by atoms with Crippen LogP contribution in [-0.2, 0) is 20.7 Å². The molecule has 3 rings (SSSR count). The maximum Gasteiger partial charge on any atom is 0.243 e. The van der Waals surface area contributed by atoms with Gasteiger partial charge in [0, 0.05) is 25.6 Å². The van der Waals surface area contributed by atoms with Gasteiger partial charge < -0.3 is 10.1 Å². The molecule has 0 unspecified atom stereocenters. The van der Waals surface area contributed by atoms with Crippen LogP contribution in [0.2, 0.25) is 0 Å². The monoisotopic (exact) mass is 372 g/mol. The molecule has 0 radical (unpaired) electrons. The van der Waals surface area contributed by atoms with E-state index in [9.17, 15) is 9.59 Å². The minimum absolute atomic E-state index is 0.0379. The van der Waals surface area contributed by atoms with E-state index in [0.717, 1.165) is 50.0 Å². The summed E-state index contributed by atoms with van der Waals surface area (Å²) in [4.78, 5) is 26.9. The Hall–Kier alpha value is -1.88. The third kappa shape index (κ3) is 4.70. The zero-order valence-corrected chi connectivity index (χ0v) is 16.7. The van der Waals surface area contributed by atoms with Crippen LogP contribution >= 0.6 is 0 Å². The maximum atomic E-state index is 13.1. The fourth-order valence-corrected chi connectivity index (χ4v) is 4.18. The summed E-state index contributed by atoms with van der Waals surface area (Å²) in [6.45, 7) is 6.65. The zero-order chi connectivity index (χ0) is 19.4. The number of amides is 2. The van der Waals surface area contributed by atoms with Crippen LogP contribution in [0.25, 0.3) is 0 Å². The lowest BCUT2D eigenvalue weighted by atomic mass is 9.92. The van der Waals surface area contributed by atoms with Crippen molar-refractivity contribution >= 4 is 17.5 Å². The summed E-state index contributed by atoms with van der Waals surface area (Å²) >= 11 is 0. The van der Waals surface area contributed by atoms with E-state index in [0.29, 0.717) is 12.3 Å². The number of anilines is 1. The van der Waals surface area contributed by atoms with Gasteiger partial charge in [-0.1, -0.05) is 44.9 Å². The van der Waals surface area contributed by atoms with Crippen LogP contribution < -0.4 is 10.2 Å². The number of rotatable bonds is 6. The molecule has 1 aromatic rings. The van der Waals surface area contributed by atoms with Gasteiger partial charge >= 0.3 is 0 Å². The Labute approximate surface area is 162 Å². The quantitative estimate of drug-likeness (QED) is 0.832. The lowest BCUT2D eigenvalue weighted by Crippen LogP contribution is -2.54. The van der Waals surface area contributed by atoms with E-state index in [1.807, 2.05) is 24.3 Å². The maximum absolute atomic E-state index is 13.1. The number of benzene rings is 1. The second-order valence-corrected chi connectivity index (χ2v) is 8.23. The number of carbonyl (C=O) groups is 2. The molecule has 148 valence electrons. The second-order valence-electron chi connectivity index (χ2n) is 8.23. The number of nitrogens with one attached hydrogen (secondary N) is 1. The first-order chi connectivity index (χ1) is 13.0. The predicted octanol–water partition coefficient (Wildman–Crippen LogP) is 3.45. The van der Waals surface area contributed by atoms with Crippen LogP contribution in [0.1, 0.15) is 58.4 Å². The molecule has 2 aliphatic rings. The summed E-state index contributed by atoms with van der Waals surface area (Å²) in [5, 5.41) is 3.21. The highest BCUT2D eigenvalue weighted by atomic mass is 16.5. The number of hydrogen-bond acceptors (Lipinski definition) is 3. The Kier molecular flexibility index (Phi) is 6.53. The molecule has 0 saturated heterocycles. The van der Waals surface area contributed by atoms with E-state index in [1.165, 1.54) is 6.92 Å². The molecule has 1 aromatic carbocycles. The molecule has 5 heteroatoms. The van der Waals surface area contributed by atoms with Gasteiger partial charge in [0.25, 0.3) is 0 Å². The van der Waals surface area contributed by atoms with E-state index < -0.39 is 6.04 Å². The largest absolute Gasteiger partial charge is 0.376 e. The van der Waals surface area contributed by atoms with E-state index in [1.54, 1.807) is 4.90 Å². The highest BCUT2D eigenvalue weighted by molar-refractivity contribution is 6.02. The van der Waals surface area contributed by atoms with Crippen molar-refractivity contribution in [1.82, 2.24) is 5.32 Å². The SMILES string of the molecule is CC(=O)N1c2ccccc2C[C@H]1C(=O)N[C@@H]1CCCC[C@H]1OCCC(C)C. The Morgan fingerprint density at radius 1 is 1.22 bits per heavy atom. The molecule has 1 N–H and O–H groups in total. The minimum atomic E-state index is -0.460. The van der Waals surface area contributed by atoms with Crippen LogP contribution in [0, 0.1) is 5.92 Å². The fourth-order valence-electron chi connectivity index (χ4n) is 4.18. The van der Waals surface area contributed by atoms with Crippen LogP contribution in [0.5, 0.6) is 0 Å². The molecule has 2 amide bonds. The van der Waals surface area contributed by atoms with Gasteiger partial charge in [0.15, 0.2) is 0 Å². The first-order valence-corrected chi connectivity index (χ1v) is 10.3. The highest BCUT2D eigenvalue weighted by Crippen LogP contribution is 2.32. The molecule has 3 atom stereocenters. The van der Waals surface area contributed by atoms with Crippen LogP contribution in [0.4, 0.5) is 5.69 Å². The Balaban J connectivity index is 1.65. The standard InChI is InChI=1S/C22H32N2O3/c1-15(2)12-13-27-21-11-7-5-9-18(21)23-22(26)20-14-17-8-4-6-10-19(17)24(20)16(3)25/h4,6,8,10,15,18,20-21H,5,7,9,11-14H2,1-3H3,(H,23,26)/t18-,20+,21-/m1/s1. The third-order valence-electron chi connectivity index (χ3n) is 5.68.